The smallest absolute Gasteiger partial charge is 0.258 e. The van der Waals surface area contributed by atoms with E-state index in [9.17, 15) is 4.79 Å². The molecule has 0 atom stereocenters. The molecule has 0 amide bonds. The Kier molecular flexibility index (Phi) is 4.50. The summed E-state index contributed by atoms with van der Waals surface area (Å²) in [6.45, 7) is 8.41. The van der Waals surface area contributed by atoms with Crippen LogP contribution in [0.5, 0.6) is 0 Å². The second-order valence-electron chi connectivity index (χ2n) is 9.08. The lowest BCUT2D eigenvalue weighted by molar-refractivity contribution is 0.139. The summed E-state index contributed by atoms with van der Waals surface area (Å²) in [5, 5.41) is 4.63. The van der Waals surface area contributed by atoms with Gasteiger partial charge in [-0.25, -0.2) is 9.50 Å². The molecule has 0 aliphatic carbocycles. The van der Waals surface area contributed by atoms with Crippen LogP contribution in [-0.4, -0.2) is 61.1 Å². The lowest BCUT2D eigenvalue weighted by Gasteiger charge is -2.47. The third-order valence-electron chi connectivity index (χ3n) is 6.80. The monoisotopic (exact) mass is 429 g/mol. The lowest BCUT2D eigenvalue weighted by Crippen LogP contribution is -2.60. The van der Waals surface area contributed by atoms with Crippen molar-refractivity contribution < 1.29 is 0 Å². The highest BCUT2D eigenvalue weighted by Crippen LogP contribution is 2.26. The quantitative estimate of drug-likeness (QED) is 0.499. The second kappa shape index (κ2) is 7.41. The van der Waals surface area contributed by atoms with E-state index in [2.05, 4.69) is 25.9 Å². The fourth-order valence-electron chi connectivity index (χ4n) is 5.01. The number of aryl methyl sites for hydroxylation is 2. The Hall–Kier alpha value is -3.26. The Balaban J connectivity index is 1.29. The largest absolute Gasteiger partial charge is 0.367 e. The van der Waals surface area contributed by atoms with Crippen LogP contribution in [0.1, 0.15) is 30.7 Å². The predicted molar refractivity (Wildman–Crippen MR) is 124 cm³/mol. The first-order chi connectivity index (χ1) is 15.5. The summed E-state index contributed by atoms with van der Waals surface area (Å²) in [7, 11) is 0. The van der Waals surface area contributed by atoms with Gasteiger partial charge in [-0.15, -0.1) is 0 Å². The molecule has 2 aliphatic rings. The number of hydrogen-bond acceptors (Lipinski definition) is 6. The van der Waals surface area contributed by atoms with Gasteiger partial charge in [-0.1, -0.05) is 6.42 Å². The summed E-state index contributed by atoms with van der Waals surface area (Å²) in [4.78, 5) is 27.1. The molecular weight excluding hydrogens is 402 g/mol. The average Bonchev–Trinajstić information content (AvgIpc) is 3.18. The summed E-state index contributed by atoms with van der Waals surface area (Å²) in [5.74, 6) is 0. The number of nitrogens with zero attached hydrogens (tertiary/aromatic N) is 7. The molecular formula is C24H27N7O. The fourth-order valence-corrected chi connectivity index (χ4v) is 5.01. The molecule has 0 spiro atoms. The molecule has 0 radical (unpaired) electrons. The first kappa shape index (κ1) is 19.4. The van der Waals surface area contributed by atoms with Gasteiger partial charge in [-0.2, -0.15) is 5.10 Å². The van der Waals surface area contributed by atoms with Crippen LogP contribution in [0.2, 0.25) is 0 Å². The number of piperidine rings is 1. The number of fused-ring (bicyclic) bond motifs is 2. The highest BCUT2D eigenvalue weighted by molar-refractivity contribution is 5.66. The van der Waals surface area contributed by atoms with Gasteiger partial charge in [0.1, 0.15) is 11.3 Å². The van der Waals surface area contributed by atoms with Gasteiger partial charge < -0.3 is 4.90 Å². The zero-order valence-electron chi connectivity index (χ0n) is 18.5. The molecule has 6 rings (SSSR count). The minimum Gasteiger partial charge on any atom is -0.367 e. The van der Waals surface area contributed by atoms with Crippen LogP contribution >= 0.6 is 0 Å². The topological polar surface area (TPSA) is 71.0 Å². The molecule has 6 heterocycles. The Bertz CT molecular complexity index is 1380. The summed E-state index contributed by atoms with van der Waals surface area (Å²) >= 11 is 0. The summed E-state index contributed by atoms with van der Waals surface area (Å²) in [6, 6.07) is 8.15. The maximum absolute atomic E-state index is 13.0. The molecule has 0 aromatic carbocycles. The molecule has 2 aliphatic heterocycles. The second-order valence-corrected chi connectivity index (χ2v) is 9.08. The fraction of sp³-hybridized carbons (Fsp3) is 0.417. The Labute approximate surface area is 186 Å². The van der Waals surface area contributed by atoms with E-state index in [1.54, 1.807) is 10.5 Å². The number of anilines is 1. The molecule has 2 saturated heterocycles. The molecule has 0 saturated carbocycles. The molecule has 2 fully saturated rings. The van der Waals surface area contributed by atoms with Crippen molar-refractivity contribution in [1.82, 2.24) is 28.9 Å². The number of aromatic nitrogens is 5. The Morgan fingerprint density at radius 2 is 1.75 bits per heavy atom. The summed E-state index contributed by atoms with van der Waals surface area (Å²) in [5.41, 5.74) is 5.60. The van der Waals surface area contributed by atoms with Crippen LogP contribution in [0.3, 0.4) is 0 Å². The van der Waals surface area contributed by atoms with Crippen LogP contribution in [-0.2, 0) is 0 Å². The zero-order valence-corrected chi connectivity index (χ0v) is 18.5. The molecule has 4 aromatic heterocycles. The number of pyridine rings is 1. The van der Waals surface area contributed by atoms with Crippen LogP contribution in [0.15, 0.2) is 41.5 Å². The number of hydrogen-bond donors (Lipinski definition) is 0. The molecule has 164 valence electrons. The van der Waals surface area contributed by atoms with E-state index in [4.69, 9.17) is 4.98 Å². The molecule has 8 nitrogen and oxygen atoms in total. The third kappa shape index (κ3) is 3.26. The van der Waals surface area contributed by atoms with Gasteiger partial charge in [0.2, 0.25) is 0 Å². The van der Waals surface area contributed by atoms with E-state index in [0.29, 0.717) is 23.1 Å². The van der Waals surface area contributed by atoms with Crippen molar-refractivity contribution in [3.05, 3.63) is 58.4 Å². The van der Waals surface area contributed by atoms with Crippen LogP contribution in [0.4, 0.5) is 5.69 Å². The SMILES string of the molecule is Cc1cn2nc(-c3cc(=O)n4cc(N5CC(N6CCCCC6)C5)ccc4n3)cc2c(C)n1. The van der Waals surface area contributed by atoms with Crippen LogP contribution in [0, 0.1) is 13.8 Å². The first-order valence-corrected chi connectivity index (χ1v) is 11.4. The standard InChI is InChI=1S/C24H27N7O/c1-16-12-31-22(17(2)25-16)10-21(27-31)20-11-24(32)30-15-18(6-7-23(30)26-20)29-13-19(14-29)28-8-4-3-5-9-28/h6-7,10-12,15,19H,3-5,8-9,13-14H2,1-2H3. The van der Waals surface area contributed by atoms with Gasteiger partial charge >= 0.3 is 0 Å². The highest BCUT2D eigenvalue weighted by Gasteiger charge is 2.32. The lowest BCUT2D eigenvalue weighted by atomic mass is 10.0. The highest BCUT2D eigenvalue weighted by atomic mass is 16.1. The molecule has 0 unspecified atom stereocenters. The van der Waals surface area contributed by atoms with Crippen molar-refractivity contribution in [2.24, 2.45) is 0 Å². The van der Waals surface area contributed by atoms with Crippen LogP contribution in [0.25, 0.3) is 22.6 Å². The van der Waals surface area contributed by atoms with E-state index in [0.717, 1.165) is 35.7 Å². The van der Waals surface area contributed by atoms with Gasteiger partial charge in [0.15, 0.2) is 0 Å². The molecule has 4 aromatic rings. The maximum atomic E-state index is 13.0. The molecule has 32 heavy (non-hydrogen) atoms. The van der Waals surface area contributed by atoms with Crippen molar-refractivity contribution in [3.63, 3.8) is 0 Å². The van der Waals surface area contributed by atoms with E-state index >= 15 is 0 Å². The van der Waals surface area contributed by atoms with E-state index in [1.807, 2.05) is 42.9 Å². The van der Waals surface area contributed by atoms with Crippen molar-refractivity contribution in [2.45, 2.75) is 39.2 Å². The van der Waals surface area contributed by atoms with Gasteiger partial charge in [0.25, 0.3) is 5.56 Å². The van der Waals surface area contributed by atoms with Crippen LogP contribution < -0.4 is 10.5 Å². The molecule has 0 N–H and O–H groups in total. The molecule has 8 heteroatoms. The van der Waals surface area contributed by atoms with Crippen molar-refractivity contribution in [2.75, 3.05) is 31.1 Å². The van der Waals surface area contributed by atoms with Crippen molar-refractivity contribution in [1.29, 1.82) is 0 Å². The Morgan fingerprint density at radius 3 is 2.56 bits per heavy atom. The summed E-state index contributed by atoms with van der Waals surface area (Å²) in [6.07, 6.45) is 7.80. The average molecular weight is 430 g/mol. The van der Waals surface area contributed by atoms with Gasteiger partial charge in [0, 0.05) is 31.4 Å². The van der Waals surface area contributed by atoms with Gasteiger partial charge in [0.05, 0.1) is 34.5 Å². The number of rotatable bonds is 3. The van der Waals surface area contributed by atoms with Crippen molar-refractivity contribution in [3.8, 4) is 11.4 Å². The first-order valence-electron chi connectivity index (χ1n) is 11.4. The normalized spacial score (nSPS) is 17.9. The van der Waals surface area contributed by atoms with Crippen molar-refractivity contribution >= 4 is 16.9 Å². The third-order valence-corrected chi connectivity index (χ3v) is 6.80. The Morgan fingerprint density at radius 1 is 0.938 bits per heavy atom. The predicted octanol–water partition coefficient (Wildman–Crippen LogP) is 2.70. The van der Waals surface area contributed by atoms with E-state index in [-0.39, 0.29) is 5.56 Å². The summed E-state index contributed by atoms with van der Waals surface area (Å²) < 4.78 is 3.45. The van der Waals surface area contributed by atoms with E-state index < -0.39 is 0 Å². The van der Waals surface area contributed by atoms with Gasteiger partial charge in [-0.3, -0.25) is 19.1 Å². The minimum atomic E-state index is -0.0944. The van der Waals surface area contributed by atoms with Gasteiger partial charge in [-0.05, 0) is 58.0 Å². The maximum Gasteiger partial charge on any atom is 0.258 e. The van der Waals surface area contributed by atoms with E-state index in [1.165, 1.54) is 32.4 Å². The minimum absolute atomic E-state index is 0.0944. The molecule has 0 bridgehead atoms. The number of likely N-dealkylation sites (tertiary alicyclic amines) is 1. The zero-order chi connectivity index (χ0) is 21.8.